The average molecular weight is 440 g/mol. The van der Waals surface area contributed by atoms with E-state index in [4.69, 9.17) is 12.2 Å². The molecule has 1 N–H and O–H groups in total. The van der Waals surface area contributed by atoms with Crippen molar-refractivity contribution in [1.82, 2.24) is 19.9 Å². The van der Waals surface area contributed by atoms with E-state index < -0.39 is 0 Å². The molecule has 1 fully saturated rings. The van der Waals surface area contributed by atoms with Gasteiger partial charge < -0.3 is 14.8 Å². The van der Waals surface area contributed by atoms with Crippen LogP contribution in [0.15, 0.2) is 91.5 Å². The molecule has 5 rings (SSSR count). The highest BCUT2D eigenvalue weighted by Gasteiger charge is 2.41. The molecular weight excluding hydrogens is 414 g/mol. The van der Waals surface area contributed by atoms with E-state index in [1.54, 1.807) is 6.20 Å². The predicted octanol–water partition coefficient (Wildman–Crippen LogP) is 5.07. The molecule has 0 spiro atoms. The van der Waals surface area contributed by atoms with Crippen LogP contribution >= 0.6 is 12.2 Å². The Hall–Kier alpha value is -3.51. The third-order valence-corrected chi connectivity index (χ3v) is 6.28. The third-order valence-electron chi connectivity index (χ3n) is 5.96. The molecule has 4 heterocycles. The van der Waals surface area contributed by atoms with Crippen molar-refractivity contribution in [3.63, 3.8) is 0 Å². The van der Waals surface area contributed by atoms with Crippen LogP contribution in [0.1, 0.15) is 41.5 Å². The number of hydrogen-bond donors (Lipinski definition) is 1. The molecule has 160 valence electrons. The zero-order valence-corrected chi connectivity index (χ0v) is 18.7. The Balaban J connectivity index is 1.59. The summed E-state index contributed by atoms with van der Waals surface area (Å²) in [7, 11) is 0. The Labute approximate surface area is 193 Å². The lowest BCUT2D eigenvalue weighted by Gasteiger charge is -2.29. The second-order valence-corrected chi connectivity index (χ2v) is 8.33. The number of benzene rings is 1. The summed E-state index contributed by atoms with van der Waals surface area (Å²) < 4.78 is 2.28. The van der Waals surface area contributed by atoms with Crippen LogP contribution in [0.2, 0.25) is 0 Å². The maximum atomic E-state index is 5.85. The molecule has 1 aliphatic rings. The number of anilines is 1. The summed E-state index contributed by atoms with van der Waals surface area (Å²) >= 11 is 5.85. The highest BCUT2D eigenvalue weighted by atomic mass is 32.1. The van der Waals surface area contributed by atoms with Crippen molar-refractivity contribution in [2.75, 3.05) is 4.90 Å². The van der Waals surface area contributed by atoms with Gasteiger partial charge in [-0.2, -0.15) is 0 Å². The largest absolute Gasteiger partial charge is 0.351 e. The molecule has 0 bridgehead atoms. The highest BCUT2D eigenvalue weighted by molar-refractivity contribution is 7.80. The summed E-state index contributed by atoms with van der Waals surface area (Å²) in [5.41, 5.74) is 5.70. The maximum absolute atomic E-state index is 5.85. The van der Waals surface area contributed by atoms with E-state index in [2.05, 4.69) is 86.4 Å². The molecule has 6 heteroatoms. The molecule has 0 saturated carbocycles. The molecule has 4 aromatic rings. The Morgan fingerprint density at radius 1 is 0.938 bits per heavy atom. The van der Waals surface area contributed by atoms with Gasteiger partial charge in [0.2, 0.25) is 0 Å². The van der Waals surface area contributed by atoms with Gasteiger partial charge in [-0.15, -0.1) is 0 Å². The number of nitrogens with zero attached hydrogens (tertiary/aromatic N) is 4. The molecule has 1 saturated heterocycles. The minimum Gasteiger partial charge on any atom is -0.351 e. The van der Waals surface area contributed by atoms with Crippen LogP contribution in [0, 0.1) is 0 Å². The van der Waals surface area contributed by atoms with Crippen molar-refractivity contribution in [2.45, 2.75) is 32.0 Å². The van der Waals surface area contributed by atoms with Gasteiger partial charge in [0.1, 0.15) is 6.04 Å². The van der Waals surface area contributed by atoms with Crippen molar-refractivity contribution in [3.8, 4) is 0 Å². The van der Waals surface area contributed by atoms with Crippen LogP contribution in [-0.2, 0) is 13.0 Å². The first-order valence-electron chi connectivity index (χ1n) is 10.9. The van der Waals surface area contributed by atoms with Crippen molar-refractivity contribution in [2.24, 2.45) is 0 Å². The first kappa shape index (κ1) is 20.4. The summed E-state index contributed by atoms with van der Waals surface area (Å²) in [5.74, 6) is 0. The summed E-state index contributed by atoms with van der Waals surface area (Å²) in [6, 6.07) is 23.0. The second-order valence-electron chi connectivity index (χ2n) is 7.94. The number of rotatable bonds is 6. The Bertz CT molecular complexity index is 1190. The van der Waals surface area contributed by atoms with Crippen LogP contribution in [0.4, 0.5) is 5.69 Å². The van der Waals surface area contributed by atoms with E-state index in [1.165, 1.54) is 11.3 Å². The topological polar surface area (TPSA) is 46.0 Å². The number of aryl methyl sites for hydroxylation is 1. The Morgan fingerprint density at radius 2 is 1.81 bits per heavy atom. The fourth-order valence-corrected chi connectivity index (χ4v) is 4.70. The van der Waals surface area contributed by atoms with Gasteiger partial charge in [0.15, 0.2) is 5.11 Å². The number of pyridine rings is 2. The zero-order valence-electron chi connectivity index (χ0n) is 17.9. The van der Waals surface area contributed by atoms with Gasteiger partial charge in [-0.25, -0.2) is 0 Å². The van der Waals surface area contributed by atoms with E-state index in [1.807, 2.05) is 30.6 Å². The van der Waals surface area contributed by atoms with Crippen LogP contribution in [0.5, 0.6) is 0 Å². The first-order chi connectivity index (χ1) is 15.7. The quantitative estimate of drug-likeness (QED) is 0.425. The zero-order chi connectivity index (χ0) is 21.9. The van der Waals surface area contributed by atoms with E-state index >= 15 is 0 Å². The predicted molar refractivity (Wildman–Crippen MR) is 132 cm³/mol. The average Bonchev–Trinajstić information content (AvgIpc) is 3.44. The van der Waals surface area contributed by atoms with Gasteiger partial charge in [-0.1, -0.05) is 31.2 Å². The van der Waals surface area contributed by atoms with Crippen LogP contribution in [-0.4, -0.2) is 19.6 Å². The van der Waals surface area contributed by atoms with E-state index in [-0.39, 0.29) is 12.1 Å². The minimum atomic E-state index is -0.0582. The molecule has 2 atom stereocenters. The monoisotopic (exact) mass is 439 g/mol. The lowest BCUT2D eigenvalue weighted by atomic mass is 10.0. The molecule has 32 heavy (non-hydrogen) atoms. The smallest absolute Gasteiger partial charge is 0.174 e. The SMILES string of the molecule is CCc1ccc(N2C(=S)N[C@H](c3ccccn3)[C@H]2c2cccn2Cc2cccnc2)cc1. The number of hydrogen-bond acceptors (Lipinski definition) is 3. The van der Waals surface area contributed by atoms with Crippen molar-refractivity contribution < 1.29 is 0 Å². The molecule has 0 aliphatic carbocycles. The summed E-state index contributed by atoms with van der Waals surface area (Å²) in [5, 5.41) is 4.26. The molecule has 0 amide bonds. The van der Waals surface area contributed by atoms with Crippen LogP contribution in [0.3, 0.4) is 0 Å². The minimum absolute atomic E-state index is 0.0310. The van der Waals surface area contributed by atoms with E-state index in [0.29, 0.717) is 5.11 Å². The summed E-state index contributed by atoms with van der Waals surface area (Å²) in [6.45, 7) is 2.92. The van der Waals surface area contributed by atoms with Crippen molar-refractivity contribution in [3.05, 3.63) is 114 Å². The molecule has 1 aromatic carbocycles. The Kier molecular flexibility index (Phi) is 5.69. The van der Waals surface area contributed by atoms with Crippen LogP contribution in [0.25, 0.3) is 0 Å². The van der Waals surface area contributed by atoms with Gasteiger partial charge in [-0.3, -0.25) is 9.97 Å². The first-order valence-corrected chi connectivity index (χ1v) is 11.3. The fourth-order valence-electron chi connectivity index (χ4n) is 4.35. The lowest BCUT2D eigenvalue weighted by Crippen LogP contribution is -2.30. The number of nitrogens with one attached hydrogen (secondary N) is 1. The Morgan fingerprint density at radius 3 is 2.53 bits per heavy atom. The lowest BCUT2D eigenvalue weighted by molar-refractivity contribution is 0.533. The molecule has 0 radical (unpaired) electrons. The summed E-state index contributed by atoms with van der Waals surface area (Å²) in [6.07, 6.45) is 8.69. The highest BCUT2D eigenvalue weighted by Crippen LogP contribution is 2.41. The van der Waals surface area contributed by atoms with E-state index in [0.717, 1.165) is 29.9 Å². The van der Waals surface area contributed by atoms with Gasteiger partial charge >= 0.3 is 0 Å². The second kappa shape index (κ2) is 8.93. The third kappa shape index (κ3) is 3.89. The van der Waals surface area contributed by atoms with Crippen LogP contribution < -0.4 is 10.2 Å². The molecule has 0 unspecified atom stereocenters. The number of thiocarbonyl (C=S) groups is 1. The summed E-state index contributed by atoms with van der Waals surface area (Å²) in [4.78, 5) is 11.2. The van der Waals surface area contributed by atoms with Gasteiger partial charge in [-0.05, 0) is 72.2 Å². The van der Waals surface area contributed by atoms with Gasteiger partial charge in [0.05, 0.1) is 11.7 Å². The van der Waals surface area contributed by atoms with Gasteiger partial charge in [0.25, 0.3) is 0 Å². The molecule has 5 nitrogen and oxygen atoms in total. The van der Waals surface area contributed by atoms with Crippen molar-refractivity contribution in [1.29, 1.82) is 0 Å². The van der Waals surface area contributed by atoms with Gasteiger partial charge in [0, 0.05) is 42.7 Å². The fraction of sp³-hybridized carbons (Fsp3) is 0.192. The molecular formula is C26H25N5S. The maximum Gasteiger partial charge on any atom is 0.174 e. The van der Waals surface area contributed by atoms with Crippen molar-refractivity contribution >= 4 is 23.0 Å². The normalized spacial score (nSPS) is 18.0. The standard InChI is InChI=1S/C26H25N5S/c1-2-19-10-12-21(13-11-19)31-25(24(29-26(31)32)22-8-3-4-15-28-22)23-9-6-16-30(23)18-20-7-5-14-27-17-20/h3-17,24-25H,2,18H2,1H3,(H,29,32)/t24-,25-/m1/s1. The number of aromatic nitrogens is 3. The molecule has 1 aliphatic heterocycles. The molecule has 3 aromatic heterocycles. The van der Waals surface area contributed by atoms with E-state index in [9.17, 15) is 0 Å².